The van der Waals surface area contributed by atoms with Gasteiger partial charge in [0.1, 0.15) is 11.1 Å². The number of nitrogens with one attached hydrogen (secondary N) is 1. The predicted molar refractivity (Wildman–Crippen MR) is 103 cm³/mol. The third-order valence-electron chi connectivity index (χ3n) is 3.71. The van der Waals surface area contributed by atoms with Gasteiger partial charge < -0.3 is 15.0 Å². The summed E-state index contributed by atoms with van der Waals surface area (Å²) in [6, 6.07) is 12.9. The van der Waals surface area contributed by atoms with Gasteiger partial charge in [-0.05, 0) is 57.9 Å². The van der Waals surface area contributed by atoms with Crippen LogP contribution in [0.15, 0.2) is 46.9 Å². The van der Waals surface area contributed by atoms with Gasteiger partial charge in [0.05, 0.1) is 11.6 Å². The Hall–Kier alpha value is -1.37. The van der Waals surface area contributed by atoms with Crippen LogP contribution in [0, 0.1) is 0 Å². The molecule has 2 aromatic rings. The normalized spacial score (nSPS) is 17.0. The van der Waals surface area contributed by atoms with Crippen molar-refractivity contribution in [2.24, 2.45) is 0 Å². The van der Waals surface area contributed by atoms with Crippen molar-refractivity contribution in [3.05, 3.63) is 57.5 Å². The summed E-state index contributed by atoms with van der Waals surface area (Å²) in [5.74, 6) is 1.68. The Morgan fingerprint density at radius 3 is 2.75 bits per heavy atom. The highest BCUT2D eigenvalue weighted by Gasteiger charge is 2.31. The molecule has 1 aliphatic heterocycles. The number of benzene rings is 2. The van der Waals surface area contributed by atoms with Crippen molar-refractivity contribution in [2.45, 2.75) is 5.37 Å². The Morgan fingerprint density at radius 1 is 1.33 bits per heavy atom. The number of hydrogen-bond acceptors (Lipinski definition) is 3. The number of hydrogen-bond donors (Lipinski definition) is 1. The molecule has 3 rings (SSSR count). The van der Waals surface area contributed by atoms with Crippen LogP contribution in [0.3, 0.4) is 0 Å². The molecule has 126 valence electrons. The average Bonchev–Trinajstić information content (AvgIpc) is 3.06. The van der Waals surface area contributed by atoms with Crippen molar-refractivity contribution in [3.8, 4) is 5.75 Å². The van der Waals surface area contributed by atoms with Crippen molar-refractivity contribution in [3.63, 3.8) is 0 Å². The molecule has 2 amide bonds. The number of ether oxygens (including phenoxy) is 1. The molecule has 4 nitrogen and oxygen atoms in total. The molecule has 1 N–H and O–H groups in total. The minimum absolute atomic E-state index is 0.0143. The topological polar surface area (TPSA) is 41.6 Å². The number of thioether (sulfide) groups is 1. The number of anilines is 1. The Kier molecular flexibility index (Phi) is 5.58. The van der Waals surface area contributed by atoms with Crippen molar-refractivity contribution in [1.82, 2.24) is 4.90 Å². The summed E-state index contributed by atoms with van der Waals surface area (Å²) >= 11 is 11.1. The molecule has 1 saturated heterocycles. The number of halogens is 2. The first-order chi connectivity index (χ1) is 11.6. The van der Waals surface area contributed by atoms with Gasteiger partial charge in [0.2, 0.25) is 0 Å². The summed E-state index contributed by atoms with van der Waals surface area (Å²) in [5.41, 5.74) is 1.80. The van der Waals surface area contributed by atoms with Crippen molar-refractivity contribution < 1.29 is 9.53 Å². The predicted octanol–water partition coefficient (Wildman–Crippen LogP) is 5.39. The van der Waals surface area contributed by atoms with E-state index in [1.165, 1.54) is 0 Å². The van der Waals surface area contributed by atoms with E-state index in [-0.39, 0.29) is 11.4 Å². The largest absolute Gasteiger partial charge is 0.496 e. The Bertz CT molecular complexity index is 742. The molecule has 2 aromatic carbocycles. The number of rotatable bonds is 3. The van der Waals surface area contributed by atoms with Gasteiger partial charge in [-0.3, -0.25) is 0 Å². The number of carbonyl (C=O) groups excluding carboxylic acids is 1. The van der Waals surface area contributed by atoms with Crippen LogP contribution >= 0.6 is 39.3 Å². The second-order valence-corrected chi connectivity index (χ2v) is 7.73. The first-order valence-corrected chi connectivity index (χ1v) is 9.58. The van der Waals surface area contributed by atoms with Gasteiger partial charge in [-0.15, -0.1) is 11.8 Å². The molecule has 7 heteroatoms. The highest BCUT2D eigenvalue weighted by atomic mass is 79.9. The molecule has 0 spiro atoms. The maximum atomic E-state index is 12.6. The smallest absolute Gasteiger partial charge is 0.323 e. The second kappa shape index (κ2) is 7.68. The van der Waals surface area contributed by atoms with E-state index in [4.69, 9.17) is 16.3 Å². The molecule has 1 fully saturated rings. The van der Waals surface area contributed by atoms with E-state index >= 15 is 0 Å². The fraction of sp³-hybridized carbons (Fsp3) is 0.235. The summed E-state index contributed by atoms with van der Waals surface area (Å²) in [6.07, 6.45) is 0. The molecule has 0 unspecified atom stereocenters. The summed E-state index contributed by atoms with van der Waals surface area (Å²) in [4.78, 5) is 14.5. The standard InChI is InChI=1S/C17H16BrClN2O2S/c1-23-15-7-2-11(10-14(15)18)16-21(8-9-24-16)17(22)20-13-5-3-12(19)4-6-13/h2-7,10,16H,8-9H2,1H3,(H,20,22)/t16-/m1/s1. The van der Waals surface area contributed by atoms with E-state index < -0.39 is 0 Å². The first-order valence-electron chi connectivity index (χ1n) is 7.36. The molecular formula is C17H16BrClN2O2S. The van der Waals surface area contributed by atoms with Crippen LogP contribution in [-0.2, 0) is 0 Å². The van der Waals surface area contributed by atoms with E-state index in [1.807, 2.05) is 23.1 Å². The van der Waals surface area contributed by atoms with Gasteiger partial charge in [0.25, 0.3) is 0 Å². The first kappa shape index (κ1) is 17.5. The van der Waals surface area contributed by atoms with Crippen LogP contribution < -0.4 is 10.1 Å². The van der Waals surface area contributed by atoms with Crippen LogP contribution in [-0.4, -0.2) is 30.3 Å². The van der Waals surface area contributed by atoms with Crippen LogP contribution in [0.25, 0.3) is 0 Å². The summed E-state index contributed by atoms with van der Waals surface area (Å²) in [7, 11) is 1.63. The lowest BCUT2D eigenvalue weighted by Gasteiger charge is -2.25. The maximum absolute atomic E-state index is 12.6. The fourth-order valence-electron chi connectivity index (χ4n) is 2.52. The van der Waals surface area contributed by atoms with E-state index in [2.05, 4.69) is 21.2 Å². The Morgan fingerprint density at radius 2 is 2.08 bits per heavy atom. The fourth-order valence-corrected chi connectivity index (χ4v) is 4.45. The molecule has 1 aliphatic rings. The molecule has 0 bridgehead atoms. The molecule has 1 heterocycles. The highest BCUT2D eigenvalue weighted by Crippen LogP contribution is 2.40. The van der Waals surface area contributed by atoms with Gasteiger partial charge in [-0.1, -0.05) is 17.7 Å². The van der Waals surface area contributed by atoms with Crippen LogP contribution in [0.2, 0.25) is 5.02 Å². The zero-order valence-electron chi connectivity index (χ0n) is 13.0. The van der Waals surface area contributed by atoms with Gasteiger partial charge in [-0.2, -0.15) is 0 Å². The monoisotopic (exact) mass is 426 g/mol. The highest BCUT2D eigenvalue weighted by molar-refractivity contribution is 9.10. The van der Waals surface area contributed by atoms with E-state index in [0.717, 1.165) is 27.2 Å². The average molecular weight is 428 g/mol. The van der Waals surface area contributed by atoms with Gasteiger partial charge in [-0.25, -0.2) is 4.79 Å². The van der Waals surface area contributed by atoms with Gasteiger partial charge in [0, 0.05) is 23.0 Å². The van der Waals surface area contributed by atoms with E-state index in [0.29, 0.717) is 11.6 Å². The molecular weight excluding hydrogens is 412 g/mol. The molecule has 0 aromatic heterocycles. The molecule has 0 aliphatic carbocycles. The third kappa shape index (κ3) is 3.82. The number of nitrogens with zero attached hydrogens (tertiary/aromatic N) is 1. The zero-order chi connectivity index (χ0) is 17.1. The quantitative estimate of drug-likeness (QED) is 0.714. The minimum atomic E-state index is -0.112. The summed E-state index contributed by atoms with van der Waals surface area (Å²) < 4.78 is 6.15. The number of carbonyl (C=O) groups is 1. The summed E-state index contributed by atoms with van der Waals surface area (Å²) in [6.45, 7) is 0.707. The zero-order valence-corrected chi connectivity index (χ0v) is 16.1. The Balaban J connectivity index is 1.76. The van der Waals surface area contributed by atoms with E-state index in [1.54, 1.807) is 43.1 Å². The lowest BCUT2D eigenvalue weighted by atomic mass is 10.2. The third-order valence-corrected chi connectivity index (χ3v) is 5.84. The van der Waals surface area contributed by atoms with E-state index in [9.17, 15) is 4.79 Å². The lowest BCUT2D eigenvalue weighted by Crippen LogP contribution is -2.34. The number of urea groups is 1. The van der Waals surface area contributed by atoms with Crippen molar-refractivity contribution in [1.29, 1.82) is 0 Å². The van der Waals surface area contributed by atoms with Crippen LogP contribution in [0.1, 0.15) is 10.9 Å². The van der Waals surface area contributed by atoms with Crippen molar-refractivity contribution >= 4 is 51.0 Å². The van der Waals surface area contributed by atoms with Crippen LogP contribution in [0.4, 0.5) is 10.5 Å². The second-order valence-electron chi connectivity index (χ2n) is 5.25. The minimum Gasteiger partial charge on any atom is -0.496 e. The lowest BCUT2D eigenvalue weighted by molar-refractivity contribution is 0.214. The molecule has 24 heavy (non-hydrogen) atoms. The summed E-state index contributed by atoms with van der Waals surface area (Å²) in [5, 5.41) is 3.56. The van der Waals surface area contributed by atoms with Crippen molar-refractivity contribution in [2.75, 3.05) is 24.7 Å². The number of methoxy groups -OCH3 is 1. The molecule has 0 saturated carbocycles. The van der Waals surface area contributed by atoms with Gasteiger partial charge >= 0.3 is 6.03 Å². The Labute approximate surface area is 158 Å². The molecule has 1 atom stereocenters. The number of amides is 2. The SMILES string of the molecule is COc1ccc([C@H]2SCCN2C(=O)Nc2ccc(Cl)cc2)cc1Br. The van der Waals surface area contributed by atoms with Gasteiger partial charge in [0.15, 0.2) is 0 Å². The molecule has 0 radical (unpaired) electrons. The van der Waals surface area contributed by atoms with Crippen LogP contribution in [0.5, 0.6) is 5.75 Å². The maximum Gasteiger partial charge on any atom is 0.323 e.